The summed E-state index contributed by atoms with van der Waals surface area (Å²) in [5, 5.41) is 0. The molecule has 0 spiro atoms. The van der Waals surface area contributed by atoms with Gasteiger partial charge in [-0.05, 0) is 68.5 Å². The Morgan fingerprint density at radius 3 is 2.57 bits per heavy atom. The average molecular weight is 399 g/mol. The lowest BCUT2D eigenvalue weighted by molar-refractivity contribution is 0.0690. The Hall–Kier alpha value is -1.98. The molecule has 1 amide bonds. The maximum Gasteiger partial charge on any atom is 0.254 e. The molecular weight excluding hydrogens is 368 g/mol. The molecule has 0 aromatic heterocycles. The summed E-state index contributed by atoms with van der Waals surface area (Å²) in [4.78, 5) is 18.8. The van der Waals surface area contributed by atoms with Crippen LogP contribution in [0.5, 0.6) is 0 Å². The summed E-state index contributed by atoms with van der Waals surface area (Å²) >= 11 is 1.72. The van der Waals surface area contributed by atoms with Gasteiger partial charge in [0.2, 0.25) is 0 Å². The van der Waals surface area contributed by atoms with Crippen LogP contribution >= 0.6 is 11.8 Å². The summed E-state index contributed by atoms with van der Waals surface area (Å²) in [6.45, 7) is 10.2. The molecule has 4 nitrogen and oxygen atoms in total. The Bertz CT molecular complexity index is 816. The number of anilines is 1. The van der Waals surface area contributed by atoms with Gasteiger partial charge < -0.3 is 14.5 Å². The Labute approximate surface area is 172 Å². The van der Waals surface area contributed by atoms with Crippen molar-refractivity contribution in [3.63, 3.8) is 0 Å². The van der Waals surface area contributed by atoms with Crippen molar-refractivity contribution in [2.75, 3.05) is 37.5 Å². The second kappa shape index (κ2) is 9.48. The number of carbonyl (C=O) groups is 1. The lowest BCUT2D eigenvalue weighted by atomic mass is 10.1. The maximum absolute atomic E-state index is 13.3. The largest absolute Gasteiger partial charge is 0.378 e. The smallest absolute Gasteiger partial charge is 0.254 e. The highest BCUT2D eigenvalue weighted by atomic mass is 32.2. The molecule has 0 unspecified atom stereocenters. The quantitative estimate of drug-likeness (QED) is 0.666. The van der Waals surface area contributed by atoms with E-state index in [9.17, 15) is 4.79 Å². The van der Waals surface area contributed by atoms with Crippen LogP contribution < -0.4 is 4.90 Å². The fourth-order valence-electron chi connectivity index (χ4n) is 3.57. The lowest BCUT2D eigenvalue weighted by Gasteiger charge is -2.31. The normalized spacial score (nSPS) is 14.4. The van der Waals surface area contributed by atoms with Crippen LogP contribution in [0.25, 0.3) is 0 Å². The number of morpholine rings is 1. The first kappa shape index (κ1) is 20.7. The molecule has 0 bridgehead atoms. The Morgan fingerprint density at radius 1 is 1.18 bits per heavy atom. The monoisotopic (exact) mass is 398 g/mol. The molecule has 3 rings (SSSR count). The molecule has 0 atom stereocenters. The van der Waals surface area contributed by atoms with Crippen LogP contribution in [0.1, 0.15) is 35.3 Å². The fraction of sp³-hybridized carbons (Fsp3) is 0.435. The summed E-state index contributed by atoms with van der Waals surface area (Å²) in [5.41, 5.74) is 4.25. The van der Waals surface area contributed by atoms with Gasteiger partial charge in [-0.25, -0.2) is 0 Å². The number of hydrogen-bond acceptors (Lipinski definition) is 4. The van der Waals surface area contributed by atoms with Crippen molar-refractivity contribution in [3.05, 3.63) is 59.2 Å². The van der Waals surface area contributed by atoms with Gasteiger partial charge in [-0.2, -0.15) is 0 Å². The van der Waals surface area contributed by atoms with E-state index in [0.29, 0.717) is 6.54 Å². The summed E-state index contributed by atoms with van der Waals surface area (Å²) in [6, 6.07) is 14.6. The molecule has 0 N–H and O–H groups in total. The Kier molecular flexibility index (Phi) is 7.03. The van der Waals surface area contributed by atoms with E-state index >= 15 is 0 Å². The van der Waals surface area contributed by atoms with Gasteiger partial charge in [0, 0.05) is 41.8 Å². The standard InChI is InChI=1S/C23H30N2O2S/c1-17(2)25(16-19-6-5-7-21(15-19)28-4)23(26)20-8-9-22(18(3)14-20)24-10-12-27-13-11-24/h5-9,14-15,17H,10-13,16H2,1-4H3. The van der Waals surface area contributed by atoms with E-state index in [2.05, 4.69) is 62.3 Å². The van der Waals surface area contributed by atoms with Crippen LogP contribution in [0.15, 0.2) is 47.4 Å². The van der Waals surface area contributed by atoms with Crippen molar-refractivity contribution < 1.29 is 9.53 Å². The number of ether oxygens (including phenoxy) is 1. The van der Waals surface area contributed by atoms with Gasteiger partial charge in [-0.15, -0.1) is 11.8 Å². The predicted molar refractivity (Wildman–Crippen MR) is 117 cm³/mol. The predicted octanol–water partition coefficient (Wildman–Crippen LogP) is 4.60. The summed E-state index contributed by atoms with van der Waals surface area (Å²) in [6.07, 6.45) is 2.07. The fourth-order valence-corrected chi connectivity index (χ4v) is 4.05. The topological polar surface area (TPSA) is 32.8 Å². The highest BCUT2D eigenvalue weighted by Crippen LogP contribution is 2.24. The van der Waals surface area contributed by atoms with E-state index in [4.69, 9.17) is 4.74 Å². The molecule has 5 heteroatoms. The number of rotatable bonds is 6. The number of nitrogens with zero attached hydrogens (tertiary/aromatic N) is 2. The lowest BCUT2D eigenvalue weighted by Crippen LogP contribution is -2.37. The molecule has 1 fully saturated rings. The zero-order chi connectivity index (χ0) is 20.1. The maximum atomic E-state index is 13.3. The van der Waals surface area contributed by atoms with Gasteiger partial charge in [-0.1, -0.05) is 12.1 Å². The molecule has 1 aliphatic heterocycles. The van der Waals surface area contributed by atoms with Crippen LogP contribution in [0.3, 0.4) is 0 Å². The first-order valence-electron chi connectivity index (χ1n) is 9.87. The molecule has 1 saturated heterocycles. The van der Waals surface area contributed by atoms with Gasteiger partial charge in [0.25, 0.3) is 5.91 Å². The van der Waals surface area contributed by atoms with E-state index in [1.165, 1.54) is 10.6 Å². The van der Waals surface area contributed by atoms with E-state index in [1.54, 1.807) is 11.8 Å². The summed E-state index contributed by atoms with van der Waals surface area (Å²) in [5.74, 6) is 0.0844. The molecule has 1 aliphatic rings. The van der Waals surface area contributed by atoms with Gasteiger partial charge in [0.15, 0.2) is 0 Å². The Balaban J connectivity index is 1.80. The summed E-state index contributed by atoms with van der Waals surface area (Å²) in [7, 11) is 0. The van der Waals surface area contributed by atoms with Crippen molar-refractivity contribution in [3.8, 4) is 0 Å². The van der Waals surface area contributed by atoms with E-state index in [-0.39, 0.29) is 11.9 Å². The molecular formula is C23H30N2O2S. The highest BCUT2D eigenvalue weighted by Gasteiger charge is 2.21. The van der Waals surface area contributed by atoms with Crippen molar-refractivity contribution in [1.82, 2.24) is 4.90 Å². The first-order chi connectivity index (χ1) is 13.5. The molecule has 2 aromatic carbocycles. The number of carbonyl (C=O) groups excluding carboxylic acids is 1. The molecule has 1 heterocycles. The number of hydrogen-bond donors (Lipinski definition) is 0. The van der Waals surface area contributed by atoms with Crippen LogP contribution in [0.4, 0.5) is 5.69 Å². The van der Waals surface area contributed by atoms with Gasteiger partial charge in [0.05, 0.1) is 13.2 Å². The molecule has 0 saturated carbocycles. The third-order valence-electron chi connectivity index (χ3n) is 5.17. The zero-order valence-corrected chi connectivity index (χ0v) is 18.1. The molecule has 28 heavy (non-hydrogen) atoms. The second-order valence-corrected chi connectivity index (χ2v) is 8.36. The number of aryl methyl sites for hydroxylation is 1. The minimum atomic E-state index is 0.0844. The van der Waals surface area contributed by atoms with Gasteiger partial charge >= 0.3 is 0 Å². The van der Waals surface area contributed by atoms with Crippen LogP contribution in [-0.4, -0.2) is 49.4 Å². The van der Waals surface area contributed by atoms with Gasteiger partial charge in [0.1, 0.15) is 0 Å². The number of benzene rings is 2. The average Bonchev–Trinajstić information content (AvgIpc) is 2.72. The minimum Gasteiger partial charge on any atom is -0.378 e. The molecule has 2 aromatic rings. The van der Waals surface area contributed by atoms with Crippen LogP contribution in [-0.2, 0) is 11.3 Å². The Morgan fingerprint density at radius 2 is 1.93 bits per heavy atom. The SMILES string of the molecule is CSc1cccc(CN(C(=O)c2ccc(N3CCOCC3)c(C)c2)C(C)C)c1. The third kappa shape index (κ3) is 4.89. The number of thioether (sulfide) groups is 1. The van der Waals surface area contributed by atoms with E-state index in [0.717, 1.165) is 43.0 Å². The van der Waals surface area contributed by atoms with Crippen LogP contribution in [0.2, 0.25) is 0 Å². The van der Waals surface area contributed by atoms with Crippen molar-refractivity contribution >= 4 is 23.4 Å². The van der Waals surface area contributed by atoms with Gasteiger partial charge in [-0.3, -0.25) is 4.79 Å². The van der Waals surface area contributed by atoms with Crippen molar-refractivity contribution in [2.45, 2.75) is 38.3 Å². The molecule has 0 aliphatic carbocycles. The zero-order valence-electron chi connectivity index (χ0n) is 17.3. The van der Waals surface area contributed by atoms with Crippen LogP contribution in [0, 0.1) is 6.92 Å². The number of amides is 1. The highest BCUT2D eigenvalue weighted by molar-refractivity contribution is 7.98. The minimum absolute atomic E-state index is 0.0844. The first-order valence-corrected chi connectivity index (χ1v) is 11.1. The van der Waals surface area contributed by atoms with E-state index in [1.807, 2.05) is 17.0 Å². The van der Waals surface area contributed by atoms with E-state index < -0.39 is 0 Å². The molecule has 150 valence electrons. The van der Waals surface area contributed by atoms with Crippen molar-refractivity contribution in [1.29, 1.82) is 0 Å². The second-order valence-electron chi connectivity index (χ2n) is 7.48. The molecule has 0 radical (unpaired) electrons. The third-order valence-corrected chi connectivity index (χ3v) is 5.89. The van der Waals surface area contributed by atoms with Crippen molar-refractivity contribution in [2.24, 2.45) is 0 Å². The summed E-state index contributed by atoms with van der Waals surface area (Å²) < 4.78 is 5.45.